The van der Waals surface area contributed by atoms with E-state index in [0.717, 1.165) is 120 Å². The van der Waals surface area contributed by atoms with Crippen molar-refractivity contribution in [2.45, 2.75) is 124 Å². The maximum atomic E-state index is 13.2. The van der Waals surface area contributed by atoms with E-state index in [0.29, 0.717) is 130 Å². The molecule has 750 valence electrons. The molecule has 4 aromatic heterocycles. The molecule has 1 fully saturated rings. The number of ether oxygens (including phenoxy) is 8. The van der Waals surface area contributed by atoms with E-state index in [1.54, 1.807) is 45.0 Å². The van der Waals surface area contributed by atoms with Gasteiger partial charge in [-0.3, -0.25) is 24.0 Å². The molecule has 10 aromatic rings. The Morgan fingerprint density at radius 1 is 0.407 bits per heavy atom. The fraction of sp³-hybridized carbons (Fsp3) is 0.308. The van der Waals surface area contributed by atoms with E-state index in [1.807, 2.05) is 24.3 Å². The Hall–Kier alpha value is -11.0. The molecule has 0 bridgehead atoms. The molecule has 0 saturated carbocycles. The molecule has 4 amide bonds. The summed E-state index contributed by atoms with van der Waals surface area (Å²) in [7, 11) is 0. The SMILES string of the molecule is CCOC(=O)C#N.CCOC(=O)c1c(N)sc2c1COCC2.CCOC(=O)c1c(NC(=O)c2cccc(C(F)(F)F)c2Cl)sc2c1COCC2.NCc1ccc(Cl)cc1.O=C(Nc1sc2c(c1C(=O)NCc1ccc(Cl)cc1)COCC2)c1cccc(C(F)(F)F)c1Cl.O=C(Nc1sc2c(c1C(=O)O)COCC2)c1cccc(C(F)(F)F)c1Cl.O=C(O)c1cccc(C(F)(F)F)c1Cl.O=C1CCOCC1. The van der Waals surface area contributed by atoms with Crippen molar-refractivity contribution in [1.82, 2.24) is 5.32 Å². The van der Waals surface area contributed by atoms with E-state index in [9.17, 15) is 106 Å². The first-order chi connectivity index (χ1) is 66.2. The molecule has 49 heteroatoms. The van der Waals surface area contributed by atoms with Gasteiger partial charge >= 0.3 is 54.6 Å². The van der Waals surface area contributed by atoms with Crippen molar-refractivity contribution in [3.8, 4) is 6.07 Å². The average Bonchev–Trinajstić information content (AvgIpc) is 1.62. The van der Waals surface area contributed by atoms with Crippen LogP contribution in [0.3, 0.4) is 0 Å². The number of nitrogen functional groups attached to an aromatic ring is 1. The molecule has 15 rings (SSSR count). The zero-order valence-electron chi connectivity index (χ0n) is 73.2. The Labute approximate surface area is 835 Å². The van der Waals surface area contributed by atoms with Crippen LogP contribution in [0.15, 0.2) is 121 Å². The highest BCUT2D eigenvalue weighted by molar-refractivity contribution is 7.18. The Morgan fingerprint density at radius 3 is 1.05 bits per heavy atom. The molecule has 0 atom stereocenters. The van der Waals surface area contributed by atoms with Gasteiger partial charge in [0.05, 0.1) is 167 Å². The van der Waals surface area contributed by atoms with Gasteiger partial charge in [0.2, 0.25) is 0 Å². The van der Waals surface area contributed by atoms with Crippen LogP contribution in [0.1, 0.15) is 192 Å². The number of nitrogens with zero attached hydrogens (tertiary/aromatic N) is 1. The molecule has 9 heterocycles. The number of anilines is 4. The van der Waals surface area contributed by atoms with Gasteiger partial charge in [0.1, 0.15) is 31.4 Å². The van der Waals surface area contributed by atoms with Gasteiger partial charge in [0.25, 0.3) is 23.6 Å². The second kappa shape index (κ2) is 53.2. The predicted octanol–water partition coefficient (Wildman–Crippen LogP) is 22.6. The number of rotatable bonds is 17. The third-order valence-corrected chi connectivity index (χ3v) is 26.3. The highest BCUT2D eigenvalue weighted by Crippen LogP contribution is 2.45. The molecular weight excluding hydrogens is 2080 g/mol. The standard InChI is InChI=1S/C23H17Cl2F3N2O3S.C18H15ClF3NO4S.C16H11ClF3NO4S.C10H13NO3S.C8H4ClF3O2.C7H8ClN.C5H8O2.C4H5NO2/c24-13-6-4-12(5-7-13)10-29-21(32)18-15-11-33-9-8-17(15)34-22(18)30-20(31)14-2-1-3-16(19(14)25)23(26,27)28;1-2-27-17(25)13-10-8-26-7-6-12(10)28-16(13)23-15(24)9-4-3-5-11(14(9)19)18(20,21)22;17-12-7(2-1-3-9(12)16(18,19)20)13(22)21-14-11(15(23)24)8-6-25-5-4-10(8)26-14;1-2-14-10(12)8-6-5-13-4-3-7(6)15-9(8)11;9-6-4(7(13)14)2-1-3-5(6)8(10,11)12;8-7-3-1-6(5-9)2-4-7;6-5-1-3-7-4-2-5;1-2-7-4(6)3-5/h1-7H,8-11H2,(H,29,32)(H,30,31);3-5H,2,6-8H2,1H3,(H,23,24);1-3H,4-6H2,(H,21,22)(H,23,24);2-5,11H2,1H3;1-3H,(H,13,14);1-4H,5,9H2;1-4H2;2H2,1H3. The van der Waals surface area contributed by atoms with Crippen molar-refractivity contribution < 1.29 is 149 Å². The number of carbonyl (C=O) groups is 10. The van der Waals surface area contributed by atoms with Crippen LogP contribution in [0, 0.1) is 11.3 Å². The van der Waals surface area contributed by atoms with E-state index in [-0.39, 0.29) is 93.9 Å². The van der Waals surface area contributed by atoms with Gasteiger partial charge < -0.3 is 80.8 Å². The molecule has 5 aliphatic rings. The first kappa shape index (κ1) is 114. The highest BCUT2D eigenvalue weighted by Gasteiger charge is 2.41. The summed E-state index contributed by atoms with van der Waals surface area (Å²) >= 11 is 39.2. The number of carboxylic acid groups (broad SMARTS) is 2. The average molecular weight is 2160 g/mol. The van der Waals surface area contributed by atoms with E-state index in [1.165, 1.54) is 52.2 Å². The van der Waals surface area contributed by atoms with Crippen molar-refractivity contribution in [1.29, 1.82) is 5.26 Å². The van der Waals surface area contributed by atoms with Crippen molar-refractivity contribution >= 4 is 194 Å². The summed E-state index contributed by atoms with van der Waals surface area (Å²) in [5, 5.41) is 35.4. The topological polar surface area (TPSA) is 409 Å². The van der Waals surface area contributed by atoms with Gasteiger partial charge in [0.15, 0.2) is 6.07 Å². The fourth-order valence-electron chi connectivity index (χ4n) is 12.9. The number of nitriles is 1. The molecule has 1 saturated heterocycles. The van der Waals surface area contributed by atoms with Crippen LogP contribution in [0.5, 0.6) is 0 Å². The van der Waals surface area contributed by atoms with Gasteiger partial charge in [-0.25, -0.2) is 24.0 Å². The minimum absolute atomic E-state index is 0.0477. The number of hydrogen-bond acceptors (Lipinski definition) is 25. The Kier molecular flexibility index (Phi) is 43.4. The summed E-state index contributed by atoms with van der Waals surface area (Å²) in [5.74, 6) is -7.22. The number of thiophene rings is 4. The number of nitrogens with two attached hydrogens (primary N) is 2. The van der Waals surface area contributed by atoms with E-state index in [2.05, 4.69) is 26.0 Å². The molecule has 10 N–H and O–H groups in total. The summed E-state index contributed by atoms with van der Waals surface area (Å²) < 4.78 is 195. The van der Waals surface area contributed by atoms with Crippen LogP contribution in [-0.4, -0.2) is 129 Å². The molecular formula is C91H81Cl6F12N7O20S4. The van der Waals surface area contributed by atoms with E-state index in [4.69, 9.17) is 125 Å². The molecule has 140 heavy (non-hydrogen) atoms. The maximum absolute atomic E-state index is 13.2. The summed E-state index contributed by atoms with van der Waals surface area (Å²) in [6.45, 7) is 11.0. The van der Waals surface area contributed by atoms with Gasteiger partial charge in [-0.05, 0) is 105 Å². The molecule has 0 radical (unpaired) electrons. The van der Waals surface area contributed by atoms with Crippen LogP contribution < -0.4 is 32.7 Å². The normalized spacial score (nSPS) is 13.4. The smallest absolute Gasteiger partial charge is 0.417 e. The van der Waals surface area contributed by atoms with Gasteiger partial charge in [-0.15, -0.1) is 45.3 Å². The van der Waals surface area contributed by atoms with Crippen molar-refractivity contribution in [3.63, 3.8) is 0 Å². The minimum Gasteiger partial charge on any atom is -0.478 e. The summed E-state index contributed by atoms with van der Waals surface area (Å²) in [6, 6.07) is 27.7. The summed E-state index contributed by atoms with van der Waals surface area (Å²) in [6.07, 6.45) is -15.0. The molecule has 27 nitrogen and oxygen atoms in total. The number of aromatic carboxylic acids is 2. The third-order valence-electron chi connectivity index (χ3n) is 19.5. The maximum Gasteiger partial charge on any atom is 0.417 e. The minimum atomic E-state index is -4.71. The van der Waals surface area contributed by atoms with Crippen molar-refractivity contribution in [2.24, 2.45) is 5.73 Å². The third kappa shape index (κ3) is 32.0. The Morgan fingerprint density at radius 2 is 0.721 bits per heavy atom. The Balaban J connectivity index is 0.000000207. The van der Waals surface area contributed by atoms with Crippen LogP contribution >= 0.6 is 115 Å². The van der Waals surface area contributed by atoms with Gasteiger partial charge in [0, 0.05) is 103 Å². The number of Topliss-reactive ketones (excluding diaryl/α,β-unsaturated/α-hetero) is 1. The van der Waals surface area contributed by atoms with Crippen LogP contribution in [-0.2, 0) is 137 Å². The monoisotopic (exact) mass is 2160 g/mol. The van der Waals surface area contributed by atoms with Crippen LogP contribution in [0.2, 0.25) is 30.1 Å². The number of nitrogens with one attached hydrogen (secondary N) is 4. The number of benzene rings is 6. The largest absolute Gasteiger partial charge is 0.478 e. The first-order valence-electron chi connectivity index (χ1n) is 41.1. The summed E-state index contributed by atoms with van der Waals surface area (Å²) in [4.78, 5) is 121. The van der Waals surface area contributed by atoms with Crippen molar-refractivity contribution in [3.05, 3.63) is 271 Å². The molecule has 5 aliphatic heterocycles. The fourth-order valence-corrected chi connectivity index (χ4v) is 19.0. The molecule has 0 spiro atoms. The molecule has 0 aliphatic carbocycles. The van der Waals surface area contributed by atoms with Gasteiger partial charge in [-0.2, -0.15) is 57.9 Å². The molecule has 0 unspecified atom stereocenters. The number of carbonyl (C=O) groups excluding carboxylic acids is 8. The lowest BCUT2D eigenvalue weighted by molar-refractivity contribution is -0.138. The predicted molar refractivity (Wildman–Crippen MR) is 500 cm³/mol. The number of fused-ring (bicyclic) bond motifs is 4. The number of alkyl halides is 12. The second-order valence-electron chi connectivity index (χ2n) is 28.8. The second-order valence-corrected chi connectivity index (χ2v) is 35.6. The molecule has 6 aromatic carbocycles. The highest BCUT2D eigenvalue weighted by atomic mass is 35.5. The number of amides is 4. The zero-order chi connectivity index (χ0) is 103. The lowest BCUT2D eigenvalue weighted by Gasteiger charge is -2.14. The Bertz CT molecular complexity index is 6160. The first-order valence-corrected chi connectivity index (χ1v) is 46.7. The quantitative estimate of drug-likeness (QED) is 0.0182. The number of halogens is 18. The van der Waals surface area contributed by atoms with Crippen LogP contribution in [0.25, 0.3) is 0 Å². The number of carboxylic acids is 2. The number of ketones is 1. The van der Waals surface area contributed by atoms with E-state index < -0.39 is 120 Å². The zero-order valence-corrected chi connectivity index (χ0v) is 81.0. The lowest BCUT2D eigenvalue weighted by Crippen LogP contribution is -2.26. The number of esters is 3. The number of hydrogen-bond donors (Lipinski definition) is 8. The lowest BCUT2D eigenvalue weighted by atomic mass is 10.1. The summed E-state index contributed by atoms with van der Waals surface area (Å²) in [5.41, 5.74) is 10.4. The van der Waals surface area contributed by atoms with Crippen molar-refractivity contribution in [2.75, 3.05) is 81.1 Å². The van der Waals surface area contributed by atoms with Crippen LogP contribution in [0.4, 0.5) is 72.7 Å². The van der Waals surface area contributed by atoms with E-state index >= 15 is 0 Å². The van der Waals surface area contributed by atoms with Gasteiger partial charge in [-0.1, -0.05) is 118 Å².